The number of piperidine rings is 2. The first-order valence-electron chi connectivity index (χ1n) is 18.5. The van der Waals surface area contributed by atoms with Crippen LogP contribution in [0.3, 0.4) is 0 Å². The number of aliphatic hydroxyl groups excluding tert-OH is 1. The van der Waals surface area contributed by atoms with E-state index < -0.39 is 69.4 Å². The summed E-state index contributed by atoms with van der Waals surface area (Å²) < 4.78 is 96.3. The number of halogens is 6. The van der Waals surface area contributed by atoms with E-state index in [1.807, 2.05) is 0 Å². The summed E-state index contributed by atoms with van der Waals surface area (Å²) in [5.41, 5.74) is -4.11. The molecule has 5 atom stereocenters. The number of carbonyl (C=O) groups excluding carboxylic acids is 1. The van der Waals surface area contributed by atoms with Gasteiger partial charge in [0, 0.05) is 54.6 Å². The lowest BCUT2D eigenvalue weighted by Gasteiger charge is -2.52. The van der Waals surface area contributed by atoms with Gasteiger partial charge in [0.2, 0.25) is 5.60 Å². The van der Waals surface area contributed by atoms with Crippen molar-refractivity contribution in [2.24, 2.45) is 5.92 Å². The van der Waals surface area contributed by atoms with E-state index in [1.165, 1.54) is 9.80 Å². The molecule has 0 bridgehead atoms. The molecule has 17 heteroatoms. The highest BCUT2D eigenvalue weighted by atomic mass is 32.1. The number of nitriles is 1. The SMILES string of the molecule is CCCC1N(C(O)c2cnccc2C(F)(F)F)CCCC1(Oc1csc(C(F)(F)F)c1)C(=O)N1CCC(C#N)(c2ccccc2OC2CCC(C(=O)O)C2)CC1. The lowest BCUT2D eigenvalue weighted by molar-refractivity contribution is -0.174. The number of rotatable bonds is 11. The number of aliphatic carboxylic acids is 1. The van der Waals surface area contributed by atoms with E-state index >= 15 is 4.79 Å². The Kier molecular flexibility index (Phi) is 11.9. The highest BCUT2D eigenvalue weighted by Crippen LogP contribution is 2.47. The number of thiophene rings is 1. The third-order valence-electron chi connectivity index (χ3n) is 11.3. The molecule has 0 radical (unpaired) electrons. The summed E-state index contributed by atoms with van der Waals surface area (Å²) in [5.74, 6) is -1.83. The molecule has 2 aliphatic heterocycles. The molecule has 1 amide bonds. The summed E-state index contributed by atoms with van der Waals surface area (Å²) in [5, 5.41) is 32.9. The van der Waals surface area contributed by atoms with Crippen molar-refractivity contribution in [3.63, 3.8) is 0 Å². The summed E-state index contributed by atoms with van der Waals surface area (Å²) in [6, 6.07) is 9.88. The minimum Gasteiger partial charge on any atom is -0.490 e. The van der Waals surface area contributed by atoms with Crippen LogP contribution >= 0.6 is 11.3 Å². The number of carboxylic acids is 1. The number of pyridine rings is 1. The van der Waals surface area contributed by atoms with Crippen molar-refractivity contribution in [2.75, 3.05) is 19.6 Å². The molecule has 3 aromatic rings. The number of amides is 1. The van der Waals surface area contributed by atoms with Gasteiger partial charge in [0.25, 0.3) is 5.91 Å². The number of hydrogen-bond donors (Lipinski definition) is 2. The number of aliphatic hydroxyl groups is 1. The topological polar surface area (TPSA) is 136 Å². The number of aromatic nitrogens is 1. The Morgan fingerprint density at radius 1 is 1.07 bits per heavy atom. The van der Waals surface area contributed by atoms with Crippen molar-refractivity contribution in [1.29, 1.82) is 5.26 Å². The van der Waals surface area contributed by atoms with E-state index in [2.05, 4.69) is 11.1 Å². The fourth-order valence-corrected chi connectivity index (χ4v) is 9.17. The van der Waals surface area contributed by atoms with Gasteiger partial charge in [0.1, 0.15) is 22.6 Å². The quantitative estimate of drug-likeness (QED) is 0.185. The lowest BCUT2D eigenvalue weighted by Crippen LogP contribution is -2.68. The Labute approximate surface area is 323 Å². The smallest absolute Gasteiger partial charge is 0.425 e. The summed E-state index contributed by atoms with van der Waals surface area (Å²) in [7, 11) is 0. The second-order valence-electron chi connectivity index (χ2n) is 14.7. The number of benzene rings is 1. The van der Waals surface area contributed by atoms with Crippen molar-refractivity contribution in [2.45, 2.75) is 106 Å². The zero-order valence-corrected chi connectivity index (χ0v) is 31.3. The van der Waals surface area contributed by atoms with E-state index in [0.717, 1.165) is 29.9 Å². The van der Waals surface area contributed by atoms with E-state index in [9.17, 15) is 46.6 Å². The van der Waals surface area contributed by atoms with E-state index in [0.29, 0.717) is 48.3 Å². The molecule has 3 fully saturated rings. The summed E-state index contributed by atoms with van der Waals surface area (Å²) >= 11 is 0.380. The van der Waals surface area contributed by atoms with E-state index in [-0.39, 0.29) is 63.6 Å². The van der Waals surface area contributed by atoms with Crippen LogP contribution in [0.2, 0.25) is 0 Å². The molecule has 2 aromatic heterocycles. The standard InChI is InChI=1S/C39H42F6N4O6S/c1-2-6-31-37(55-26-20-32(56-22-26)39(43,44)45,12-5-16-49(31)33(50)27-21-47-15-11-28(27)38(40,41)42)35(53)48-17-13-36(23-46,14-18-48)29-7-3-4-8-30(29)54-25-10-9-24(19-25)34(51)52/h3-4,7-8,11,15,20-22,24-25,31,33,50H,2,5-6,9-10,12-14,16-19H2,1H3,(H,51,52). The highest BCUT2D eigenvalue weighted by molar-refractivity contribution is 7.10. The van der Waals surface area contributed by atoms with Crippen LogP contribution in [0, 0.1) is 17.2 Å². The molecule has 2 N–H and O–H groups in total. The van der Waals surface area contributed by atoms with Crippen LogP contribution in [0.5, 0.6) is 11.5 Å². The van der Waals surface area contributed by atoms with Gasteiger partial charge >= 0.3 is 18.3 Å². The van der Waals surface area contributed by atoms with Gasteiger partial charge in [-0.25, -0.2) is 0 Å². The summed E-state index contributed by atoms with van der Waals surface area (Å²) in [4.78, 5) is 32.3. The van der Waals surface area contributed by atoms with Crippen molar-refractivity contribution >= 4 is 23.2 Å². The maximum absolute atomic E-state index is 15.0. The van der Waals surface area contributed by atoms with Crippen LogP contribution in [-0.4, -0.2) is 74.3 Å². The van der Waals surface area contributed by atoms with Gasteiger partial charge in [-0.15, -0.1) is 11.3 Å². The number of ether oxygens (including phenoxy) is 2. The van der Waals surface area contributed by atoms with Crippen molar-refractivity contribution in [3.8, 4) is 17.6 Å². The second kappa shape index (κ2) is 16.2. The number of para-hydroxylation sites is 1. The van der Waals surface area contributed by atoms with Crippen LogP contribution in [0.25, 0.3) is 0 Å². The number of hydrogen-bond acceptors (Lipinski definition) is 9. The van der Waals surface area contributed by atoms with Gasteiger partial charge < -0.3 is 24.6 Å². The molecule has 56 heavy (non-hydrogen) atoms. The first-order chi connectivity index (χ1) is 26.5. The predicted molar refractivity (Wildman–Crippen MR) is 190 cm³/mol. The van der Waals surface area contributed by atoms with Gasteiger partial charge in [-0.05, 0) is 63.5 Å². The van der Waals surface area contributed by atoms with Gasteiger partial charge in [-0.3, -0.25) is 19.5 Å². The van der Waals surface area contributed by atoms with Crippen molar-refractivity contribution in [3.05, 3.63) is 75.7 Å². The van der Waals surface area contributed by atoms with E-state index in [4.69, 9.17) is 9.47 Å². The molecule has 1 aliphatic carbocycles. The number of nitrogens with zero attached hydrogens (tertiary/aromatic N) is 4. The normalized spacial score (nSPS) is 25.0. The summed E-state index contributed by atoms with van der Waals surface area (Å²) in [6.45, 7) is 1.88. The maximum Gasteiger partial charge on any atom is 0.425 e. The first kappa shape index (κ1) is 41.2. The van der Waals surface area contributed by atoms with Crippen LogP contribution in [0.15, 0.2) is 54.2 Å². The third kappa shape index (κ3) is 8.19. The second-order valence-corrected chi connectivity index (χ2v) is 15.6. The van der Waals surface area contributed by atoms with E-state index in [1.54, 1.807) is 31.2 Å². The zero-order chi connectivity index (χ0) is 40.5. The molecule has 10 nitrogen and oxygen atoms in total. The largest absolute Gasteiger partial charge is 0.490 e. The van der Waals surface area contributed by atoms with Crippen LogP contribution in [0.4, 0.5) is 26.3 Å². The molecule has 302 valence electrons. The Balaban J connectivity index is 1.33. The molecule has 5 unspecified atom stereocenters. The number of carbonyl (C=O) groups is 2. The number of alkyl halides is 6. The first-order valence-corrected chi connectivity index (χ1v) is 19.4. The van der Waals surface area contributed by atoms with Gasteiger partial charge in [0.15, 0.2) is 0 Å². The average Bonchev–Trinajstić information content (AvgIpc) is 3.85. The zero-order valence-electron chi connectivity index (χ0n) is 30.5. The monoisotopic (exact) mass is 808 g/mol. The minimum absolute atomic E-state index is 0.00855. The minimum atomic E-state index is -4.84. The molecular formula is C39H42F6N4O6S. The van der Waals surface area contributed by atoms with Crippen LogP contribution in [0.1, 0.15) is 92.5 Å². The van der Waals surface area contributed by atoms with Crippen LogP contribution in [-0.2, 0) is 27.4 Å². The molecule has 4 heterocycles. The molecule has 0 spiro atoms. The molecule has 3 aliphatic rings. The lowest BCUT2D eigenvalue weighted by atomic mass is 9.72. The third-order valence-corrected chi connectivity index (χ3v) is 12.2. The maximum atomic E-state index is 15.0. The highest BCUT2D eigenvalue weighted by Gasteiger charge is 2.57. The summed E-state index contributed by atoms with van der Waals surface area (Å²) in [6.07, 6.45) is -7.67. The van der Waals surface area contributed by atoms with Gasteiger partial charge in [0.05, 0.1) is 35.1 Å². The molecule has 1 saturated carbocycles. The van der Waals surface area contributed by atoms with Gasteiger partial charge in [-0.1, -0.05) is 31.5 Å². The molecular weight excluding hydrogens is 767 g/mol. The van der Waals surface area contributed by atoms with Crippen LogP contribution < -0.4 is 9.47 Å². The fourth-order valence-electron chi connectivity index (χ4n) is 8.49. The molecule has 6 rings (SSSR count). The number of likely N-dealkylation sites (tertiary alicyclic amines) is 2. The Bertz CT molecular complexity index is 1930. The Morgan fingerprint density at radius 3 is 2.43 bits per heavy atom. The molecule has 2 saturated heterocycles. The van der Waals surface area contributed by atoms with Gasteiger partial charge in [-0.2, -0.15) is 31.6 Å². The Morgan fingerprint density at radius 2 is 1.80 bits per heavy atom. The predicted octanol–water partition coefficient (Wildman–Crippen LogP) is 7.97. The fraction of sp³-hybridized carbons (Fsp3) is 0.538. The number of carboxylic acid groups (broad SMARTS) is 1. The Hall–Kier alpha value is -4.40. The molecule has 1 aromatic carbocycles. The van der Waals surface area contributed by atoms with Crippen molar-refractivity contribution in [1.82, 2.24) is 14.8 Å². The average molecular weight is 809 g/mol. The van der Waals surface area contributed by atoms with Crippen molar-refractivity contribution < 1.29 is 55.6 Å².